The molecule has 0 bridgehead atoms. The highest BCUT2D eigenvalue weighted by molar-refractivity contribution is 6.49. The lowest BCUT2D eigenvalue weighted by atomic mass is 9.84. The Hall–Kier alpha value is -0.0551. The first-order valence-electron chi connectivity index (χ1n) is 7.17. The van der Waals surface area contributed by atoms with Gasteiger partial charge < -0.3 is 14.4 Å². The quantitative estimate of drug-likeness (QED) is 0.664. The summed E-state index contributed by atoms with van der Waals surface area (Å²) in [6.07, 6.45) is 8.49. The van der Waals surface area contributed by atoms with Crippen LogP contribution in [0.15, 0.2) is 0 Å². The van der Waals surface area contributed by atoms with Gasteiger partial charge in [-0.2, -0.15) is 0 Å². The van der Waals surface area contributed by atoms with Gasteiger partial charge in [-0.1, -0.05) is 0 Å². The molecule has 3 saturated heterocycles. The third-order valence-electron chi connectivity index (χ3n) is 4.40. The summed E-state index contributed by atoms with van der Waals surface area (Å²) in [4.78, 5) is 8.20. The summed E-state index contributed by atoms with van der Waals surface area (Å²) >= 11 is 0. The molecule has 0 N–H and O–H groups in total. The van der Waals surface area contributed by atoms with Gasteiger partial charge in [0.15, 0.2) is 0 Å². The highest BCUT2D eigenvalue weighted by Crippen LogP contribution is 2.22. The second-order valence-electron chi connectivity index (χ2n) is 5.58. The molecule has 4 heteroatoms. The molecule has 0 aromatic carbocycles. The number of rotatable bonds is 3. The van der Waals surface area contributed by atoms with E-state index in [1.165, 1.54) is 77.8 Å². The lowest BCUT2D eigenvalue weighted by Crippen LogP contribution is -2.60. The molecule has 3 aliphatic heterocycles. The third kappa shape index (κ3) is 2.15. The molecule has 0 aromatic rings. The zero-order valence-corrected chi connectivity index (χ0v) is 10.4. The van der Waals surface area contributed by atoms with Gasteiger partial charge in [0.05, 0.1) is 0 Å². The Labute approximate surface area is 99.9 Å². The maximum atomic E-state index is 2.73. The summed E-state index contributed by atoms with van der Waals surface area (Å²) in [5.41, 5.74) is 0. The van der Waals surface area contributed by atoms with Crippen molar-refractivity contribution in [3.05, 3.63) is 0 Å². The lowest BCUT2D eigenvalue weighted by Gasteiger charge is -2.37. The standard InChI is InChI=1S/C12H24BN3/c1-2-8-14(7-1)13(15-9-3-4-10-15)16-11-5-6-12-16/h1-12H2. The normalized spacial score (nSPS) is 29.2. The largest absolute Gasteiger partial charge is 0.403 e. The summed E-state index contributed by atoms with van der Waals surface area (Å²) in [5, 5.41) is 0. The molecule has 0 unspecified atom stereocenters. The molecule has 16 heavy (non-hydrogen) atoms. The Kier molecular flexibility index (Phi) is 3.50. The van der Waals surface area contributed by atoms with Crippen LogP contribution >= 0.6 is 0 Å². The maximum absolute atomic E-state index is 2.73. The van der Waals surface area contributed by atoms with E-state index < -0.39 is 0 Å². The van der Waals surface area contributed by atoms with Crippen LogP contribution in [0.1, 0.15) is 38.5 Å². The van der Waals surface area contributed by atoms with Crippen molar-refractivity contribution in [2.24, 2.45) is 0 Å². The summed E-state index contributed by atoms with van der Waals surface area (Å²) in [7, 11) is 0.660. The van der Waals surface area contributed by atoms with Crippen molar-refractivity contribution in [1.29, 1.82) is 0 Å². The van der Waals surface area contributed by atoms with E-state index in [4.69, 9.17) is 0 Å². The van der Waals surface area contributed by atoms with Crippen molar-refractivity contribution in [2.75, 3.05) is 39.3 Å². The SMILES string of the molecule is C1CCN(B(N2CCCC2)N2CCCC2)C1. The van der Waals surface area contributed by atoms with Crippen molar-refractivity contribution in [2.45, 2.75) is 38.5 Å². The number of hydrogen-bond acceptors (Lipinski definition) is 3. The minimum atomic E-state index is 0.660. The van der Waals surface area contributed by atoms with E-state index in [2.05, 4.69) is 14.4 Å². The second-order valence-corrected chi connectivity index (χ2v) is 5.58. The fourth-order valence-electron chi connectivity index (χ4n) is 3.61. The molecule has 3 aliphatic rings. The summed E-state index contributed by atoms with van der Waals surface area (Å²) in [6, 6.07) is 0. The minimum absolute atomic E-state index is 0.660. The number of hydrogen-bond donors (Lipinski definition) is 0. The third-order valence-corrected chi connectivity index (χ3v) is 4.40. The van der Waals surface area contributed by atoms with E-state index in [-0.39, 0.29) is 0 Å². The van der Waals surface area contributed by atoms with Crippen LogP contribution in [0.2, 0.25) is 0 Å². The Morgan fingerprint density at radius 1 is 0.438 bits per heavy atom. The highest BCUT2D eigenvalue weighted by atomic mass is 15.4. The molecule has 0 aromatic heterocycles. The molecule has 0 amide bonds. The molecule has 3 fully saturated rings. The van der Waals surface area contributed by atoms with Crippen LogP contribution in [-0.2, 0) is 0 Å². The fourth-order valence-corrected chi connectivity index (χ4v) is 3.61. The van der Waals surface area contributed by atoms with Gasteiger partial charge in [0, 0.05) is 0 Å². The second kappa shape index (κ2) is 5.07. The van der Waals surface area contributed by atoms with Crippen LogP contribution < -0.4 is 0 Å². The predicted octanol–water partition coefficient (Wildman–Crippen LogP) is 1.26. The fraction of sp³-hybridized carbons (Fsp3) is 1.00. The van der Waals surface area contributed by atoms with E-state index in [1.54, 1.807) is 0 Å². The molecule has 3 heterocycles. The zero-order valence-electron chi connectivity index (χ0n) is 10.4. The van der Waals surface area contributed by atoms with Gasteiger partial charge in [-0.15, -0.1) is 0 Å². The van der Waals surface area contributed by atoms with Gasteiger partial charge in [-0.05, 0) is 77.8 Å². The first-order valence-corrected chi connectivity index (χ1v) is 7.17. The maximum Gasteiger partial charge on any atom is 0.403 e. The Morgan fingerprint density at radius 3 is 0.938 bits per heavy atom. The van der Waals surface area contributed by atoms with Crippen LogP contribution in [0.5, 0.6) is 0 Å². The lowest BCUT2D eigenvalue weighted by molar-refractivity contribution is 0.336. The molecule has 0 aliphatic carbocycles. The van der Waals surface area contributed by atoms with Gasteiger partial charge in [0.1, 0.15) is 0 Å². The van der Waals surface area contributed by atoms with Crippen molar-refractivity contribution < 1.29 is 0 Å². The van der Waals surface area contributed by atoms with Gasteiger partial charge in [-0.3, -0.25) is 0 Å². The van der Waals surface area contributed by atoms with Gasteiger partial charge >= 0.3 is 7.12 Å². The molecule has 0 radical (unpaired) electrons. The van der Waals surface area contributed by atoms with Gasteiger partial charge in [0.2, 0.25) is 0 Å². The first kappa shape index (κ1) is 11.1. The number of nitrogens with zero attached hydrogens (tertiary/aromatic N) is 3. The topological polar surface area (TPSA) is 9.72 Å². The summed E-state index contributed by atoms with van der Waals surface area (Å²) in [5.74, 6) is 0. The van der Waals surface area contributed by atoms with Crippen LogP contribution in [0.4, 0.5) is 0 Å². The van der Waals surface area contributed by atoms with Crippen molar-refractivity contribution >= 4 is 7.12 Å². The van der Waals surface area contributed by atoms with Gasteiger partial charge in [0.25, 0.3) is 0 Å². The average Bonchev–Trinajstić information content (AvgIpc) is 3.02. The van der Waals surface area contributed by atoms with Crippen LogP contribution in [0.25, 0.3) is 0 Å². The molecule has 0 atom stereocenters. The Bertz CT molecular complexity index is 180. The van der Waals surface area contributed by atoms with Crippen LogP contribution in [0.3, 0.4) is 0 Å². The molecule has 90 valence electrons. The van der Waals surface area contributed by atoms with Crippen LogP contribution in [-0.4, -0.2) is 60.8 Å². The van der Waals surface area contributed by atoms with E-state index in [0.717, 1.165) is 0 Å². The Balaban J connectivity index is 1.70. The van der Waals surface area contributed by atoms with Crippen molar-refractivity contribution in [3.8, 4) is 0 Å². The molecular weight excluding hydrogens is 197 g/mol. The first-order chi connectivity index (χ1) is 7.95. The van der Waals surface area contributed by atoms with Crippen LogP contribution in [0, 0.1) is 0 Å². The smallest absolute Gasteiger partial charge is 0.314 e. The predicted molar refractivity (Wildman–Crippen MR) is 68.2 cm³/mol. The minimum Gasteiger partial charge on any atom is -0.314 e. The molecular formula is C12H24BN3. The molecule has 0 spiro atoms. The molecule has 3 rings (SSSR count). The van der Waals surface area contributed by atoms with E-state index in [0.29, 0.717) is 7.12 Å². The average molecular weight is 221 g/mol. The monoisotopic (exact) mass is 221 g/mol. The molecule has 3 nitrogen and oxygen atoms in total. The van der Waals surface area contributed by atoms with Gasteiger partial charge in [-0.25, -0.2) is 0 Å². The highest BCUT2D eigenvalue weighted by Gasteiger charge is 2.39. The summed E-state index contributed by atoms with van der Waals surface area (Å²) < 4.78 is 0. The van der Waals surface area contributed by atoms with E-state index in [1.807, 2.05) is 0 Å². The van der Waals surface area contributed by atoms with E-state index in [9.17, 15) is 0 Å². The van der Waals surface area contributed by atoms with Crippen molar-refractivity contribution in [3.63, 3.8) is 0 Å². The van der Waals surface area contributed by atoms with Crippen molar-refractivity contribution in [1.82, 2.24) is 14.4 Å². The Morgan fingerprint density at radius 2 is 0.688 bits per heavy atom. The molecule has 0 saturated carbocycles. The zero-order chi connectivity index (χ0) is 10.8. The van der Waals surface area contributed by atoms with E-state index >= 15 is 0 Å². The summed E-state index contributed by atoms with van der Waals surface area (Å²) in [6.45, 7) is 7.99.